The largest absolute Gasteiger partial charge is 0.478 e. The smallest absolute Gasteiger partial charge is 0.170 e. The lowest BCUT2D eigenvalue weighted by Gasteiger charge is -2.13. The minimum absolute atomic E-state index is 0.224. The van der Waals surface area contributed by atoms with Gasteiger partial charge in [0.1, 0.15) is 6.10 Å². The lowest BCUT2D eigenvalue weighted by Crippen LogP contribution is -2.21. The molecule has 0 N–H and O–H groups in total. The monoisotopic (exact) mass is 175 g/mol. The van der Waals surface area contributed by atoms with Crippen molar-refractivity contribution in [2.24, 2.45) is 4.99 Å². The molecule has 0 amide bonds. The normalized spacial score (nSPS) is 25.9. The lowest BCUT2D eigenvalue weighted by molar-refractivity contribution is 0.206. The van der Waals surface area contributed by atoms with Gasteiger partial charge in [0.25, 0.3) is 0 Å². The topological polar surface area (TPSA) is 21.6 Å². The van der Waals surface area contributed by atoms with Gasteiger partial charge in [-0.15, -0.1) is 0 Å². The highest BCUT2D eigenvalue weighted by Gasteiger charge is 2.21. The van der Waals surface area contributed by atoms with Gasteiger partial charge >= 0.3 is 0 Å². The summed E-state index contributed by atoms with van der Waals surface area (Å²) in [6.45, 7) is 2.08. The van der Waals surface area contributed by atoms with Gasteiger partial charge in [0.05, 0.1) is 6.04 Å². The molecule has 0 saturated carbocycles. The van der Waals surface area contributed by atoms with E-state index in [0.29, 0.717) is 6.04 Å². The van der Waals surface area contributed by atoms with E-state index in [2.05, 4.69) is 36.2 Å². The summed E-state index contributed by atoms with van der Waals surface area (Å²) in [4.78, 5) is 4.17. The second-order valence-electron chi connectivity index (χ2n) is 3.36. The van der Waals surface area contributed by atoms with Crippen molar-refractivity contribution < 1.29 is 4.74 Å². The molecular weight excluding hydrogens is 162 g/mol. The molecule has 1 aliphatic rings. The van der Waals surface area contributed by atoms with Crippen LogP contribution in [0.1, 0.15) is 12.5 Å². The predicted molar refractivity (Wildman–Crippen MR) is 53.0 cm³/mol. The number of aliphatic imine (C=N–C) groups is 1. The van der Waals surface area contributed by atoms with Gasteiger partial charge in [0, 0.05) is 6.42 Å². The first-order valence-electron chi connectivity index (χ1n) is 4.57. The first-order chi connectivity index (χ1) is 6.36. The average Bonchev–Trinajstić information content (AvgIpc) is 2.54. The van der Waals surface area contributed by atoms with Gasteiger partial charge in [-0.05, 0) is 12.5 Å². The Kier molecular flexibility index (Phi) is 2.30. The summed E-state index contributed by atoms with van der Waals surface area (Å²) >= 11 is 0. The van der Waals surface area contributed by atoms with Crippen molar-refractivity contribution in [1.82, 2.24) is 0 Å². The Labute approximate surface area is 78.3 Å². The van der Waals surface area contributed by atoms with Gasteiger partial charge in [-0.3, -0.25) is 4.99 Å². The van der Waals surface area contributed by atoms with Crippen LogP contribution in [0, 0.1) is 0 Å². The summed E-state index contributed by atoms with van der Waals surface area (Å²) in [6.07, 6.45) is 2.74. The molecule has 68 valence electrons. The molecule has 1 aliphatic heterocycles. The van der Waals surface area contributed by atoms with Crippen LogP contribution in [-0.4, -0.2) is 18.5 Å². The summed E-state index contributed by atoms with van der Waals surface area (Å²) < 4.78 is 5.38. The van der Waals surface area contributed by atoms with Crippen LogP contribution >= 0.6 is 0 Å². The molecule has 2 nitrogen and oxygen atoms in total. The van der Waals surface area contributed by atoms with E-state index >= 15 is 0 Å². The zero-order chi connectivity index (χ0) is 9.10. The van der Waals surface area contributed by atoms with Crippen LogP contribution in [0.5, 0.6) is 0 Å². The Hall–Kier alpha value is -1.31. The van der Waals surface area contributed by atoms with Crippen LogP contribution in [-0.2, 0) is 11.2 Å². The highest BCUT2D eigenvalue weighted by Crippen LogP contribution is 2.14. The summed E-state index contributed by atoms with van der Waals surface area (Å²) in [5, 5.41) is 0. The molecule has 1 aromatic carbocycles. The van der Waals surface area contributed by atoms with Gasteiger partial charge in [-0.25, -0.2) is 0 Å². The molecule has 13 heavy (non-hydrogen) atoms. The van der Waals surface area contributed by atoms with Crippen molar-refractivity contribution in [2.45, 2.75) is 25.5 Å². The second-order valence-corrected chi connectivity index (χ2v) is 3.36. The number of benzene rings is 1. The van der Waals surface area contributed by atoms with Gasteiger partial charge in [0.15, 0.2) is 6.40 Å². The fourth-order valence-electron chi connectivity index (χ4n) is 1.48. The number of nitrogens with zero attached hydrogens (tertiary/aromatic N) is 1. The minimum Gasteiger partial charge on any atom is -0.478 e. The minimum atomic E-state index is 0.224. The van der Waals surface area contributed by atoms with E-state index in [-0.39, 0.29) is 6.10 Å². The fraction of sp³-hybridized carbons (Fsp3) is 0.364. The van der Waals surface area contributed by atoms with Crippen molar-refractivity contribution in [1.29, 1.82) is 0 Å². The highest BCUT2D eigenvalue weighted by molar-refractivity contribution is 5.50. The summed E-state index contributed by atoms with van der Waals surface area (Å²) in [7, 11) is 0. The second kappa shape index (κ2) is 3.60. The lowest BCUT2D eigenvalue weighted by atomic mass is 10.0. The molecular formula is C11H13NO. The molecule has 0 radical (unpaired) electrons. The number of hydrogen-bond donors (Lipinski definition) is 0. The van der Waals surface area contributed by atoms with Crippen LogP contribution in [0.25, 0.3) is 0 Å². The maximum absolute atomic E-state index is 5.38. The van der Waals surface area contributed by atoms with Crippen molar-refractivity contribution in [3.63, 3.8) is 0 Å². The fourth-order valence-corrected chi connectivity index (χ4v) is 1.48. The third-order valence-electron chi connectivity index (χ3n) is 2.35. The first-order valence-corrected chi connectivity index (χ1v) is 4.57. The Balaban J connectivity index is 1.99. The van der Waals surface area contributed by atoms with E-state index in [9.17, 15) is 0 Å². The van der Waals surface area contributed by atoms with Gasteiger partial charge in [-0.2, -0.15) is 0 Å². The van der Waals surface area contributed by atoms with E-state index in [4.69, 9.17) is 4.74 Å². The van der Waals surface area contributed by atoms with Crippen molar-refractivity contribution in [3.8, 4) is 0 Å². The van der Waals surface area contributed by atoms with Gasteiger partial charge < -0.3 is 4.74 Å². The molecule has 1 aromatic rings. The molecule has 0 aliphatic carbocycles. The number of ether oxygens (including phenoxy) is 1. The zero-order valence-electron chi connectivity index (χ0n) is 7.68. The van der Waals surface area contributed by atoms with Crippen LogP contribution in [0.2, 0.25) is 0 Å². The SMILES string of the molecule is C[C@@H]1N=COC1Cc1ccccc1. The average molecular weight is 175 g/mol. The molecule has 2 heteroatoms. The standard InChI is InChI=1S/C11H13NO/c1-9-11(13-8-12-9)7-10-5-3-2-4-6-10/h2-6,8-9,11H,7H2,1H3/t9-,11?/m0/s1. The molecule has 2 atom stereocenters. The van der Waals surface area contributed by atoms with E-state index in [0.717, 1.165) is 6.42 Å². The Morgan fingerprint density at radius 1 is 1.31 bits per heavy atom. The number of rotatable bonds is 2. The molecule has 1 unspecified atom stereocenters. The molecule has 1 heterocycles. The van der Waals surface area contributed by atoms with E-state index < -0.39 is 0 Å². The van der Waals surface area contributed by atoms with Crippen LogP contribution in [0.15, 0.2) is 35.3 Å². The van der Waals surface area contributed by atoms with Crippen molar-refractivity contribution in [2.75, 3.05) is 0 Å². The van der Waals surface area contributed by atoms with E-state index in [1.54, 1.807) is 6.40 Å². The third kappa shape index (κ3) is 1.89. The molecule has 2 rings (SSSR count). The summed E-state index contributed by atoms with van der Waals surface area (Å²) in [6, 6.07) is 10.7. The maximum atomic E-state index is 5.38. The molecule has 0 saturated heterocycles. The summed E-state index contributed by atoms with van der Waals surface area (Å²) in [5.41, 5.74) is 1.31. The van der Waals surface area contributed by atoms with Gasteiger partial charge in [0.2, 0.25) is 0 Å². The Morgan fingerprint density at radius 2 is 2.08 bits per heavy atom. The Morgan fingerprint density at radius 3 is 2.69 bits per heavy atom. The van der Waals surface area contributed by atoms with Crippen LogP contribution < -0.4 is 0 Å². The molecule has 0 aromatic heterocycles. The van der Waals surface area contributed by atoms with E-state index in [1.165, 1.54) is 5.56 Å². The molecule has 0 bridgehead atoms. The third-order valence-corrected chi connectivity index (χ3v) is 2.35. The van der Waals surface area contributed by atoms with Crippen LogP contribution in [0.3, 0.4) is 0 Å². The van der Waals surface area contributed by atoms with Crippen molar-refractivity contribution >= 4 is 6.40 Å². The molecule has 0 fully saturated rings. The highest BCUT2D eigenvalue weighted by atomic mass is 16.5. The molecule has 0 spiro atoms. The first kappa shape index (κ1) is 8.30. The van der Waals surface area contributed by atoms with Crippen LogP contribution in [0.4, 0.5) is 0 Å². The van der Waals surface area contributed by atoms with Crippen molar-refractivity contribution in [3.05, 3.63) is 35.9 Å². The quantitative estimate of drug-likeness (QED) is 0.674. The van der Waals surface area contributed by atoms with E-state index in [1.807, 2.05) is 6.07 Å². The maximum Gasteiger partial charge on any atom is 0.170 e. The summed E-state index contributed by atoms with van der Waals surface area (Å²) in [5.74, 6) is 0. The number of hydrogen-bond acceptors (Lipinski definition) is 2. The predicted octanol–water partition coefficient (Wildman–Crippen LogP) is 2.04. The Bertz CT molecular complexity index is 294. The van der Waals surface area contributed by atoms with Gasteiger partial charge in [-0.1, -0.05) is 30.3 Å². The zero-order valence-corrected chi connectivity index (χ0v) is 7.68.